The number of amides is 2. The summed E-state index contributed by atoms with van der Waals surface area (Å²) < 4.78 is 10.4. The number of likely N-dealkylation sites (N-methyl/N-ethyl adjacent to an activating group) is 1. The van der Waals surface area contributed by atoms with Crippen molar-refractivity contribution >= 4 is 41.1 Å². The molecule has 2 aromatic carbocycles. The van der Waals surface area contributed by atoms with E-state index in [1.165, 1.54) is 5.56 Å². The van der Waals surface area contributed by atoms with Gasteiger partial charge in [-0.05, 0) is 74.0 Å². The zero-order valence-corrected chi connectivity index (χ0v) is 27.9. The van der Waals surface area contributed by atoms with E-state index in [1.54, 1.807) is 23.4 Å². The summed E-state index contributed by atoms with van der Waals surface area (Å²) in [5.74, 6) is 0.254. The summed E-state index contributed by atoms with van der Waals surface area (Å²) in [5.41, 5.74) is 5.82. The van der Waals surface area contributed by atoms with Gasteiger partial charge in [0.2, 0.25) is 5.95 Å². The highest BCUT2D eigenvalue weighted by Crippen LogP contribution is 2.24. The van der Waals surface area contributed by atoms with Crippen LogP contribution in [0, 0.1) is 6.92 Å². The fourth-order valence-corrected chi connectivity index (χ4v) is 5.27. The second-order valence-electron chi connectivity index (χ2n) is 11.7. The van der Waals surface area contributed by atoms with Crippen molar-refractivity contribution in [3.05, 3.63) is 95.3 Å². The van der Waals surface area contributed by atoms with Gasteiger partial charge >= 0.3 is 6.09 Å². The first kappa shape index (κ1) is 34.4. The van der Waals surface area contributed by atoms with Gasteiger partial charge in [-0.1, -0.05) is 30.4 Å². The molecule has 0 unspecified atom stereocenters. The number of hydrogen-bond acceptors (Lipinski definition) is 10. The van der Waals surface area contributed by atoms with E-state index in [1.807, 2.05) is 74.5 Å². The molecule has 2 fully saturated rings. The van der Waals surface area contributed by atoms with E-state index in [4.69, 9.17) is 14.5 Å². The second-order valence-corrected chi connectivity index (χ2v) is 11.7. The van der Waals surface area contributed by atoms with Crippen LogP contribution < -0.4 is 10.6 Å². The van der Waals surface area contributed by atoms with E-state index in [0.29, 0.717) is 43.5 Å². The van der Waals surface area contributed by atoms with Crippen molar-refractivity contribution in [3.8, 4) is 0 Å². The first-order valence-corrected chi connectivity index (χ1v) is 16.2. The highest BCUT2D eigenvalue weighted by Gasteiger charge is 2.18. The number of hydrogen-bond donors (Lipinski definition) is 2. The molecule has 12 nitrogen and oxygen atoms in total. The zero-order valence-electron chi connectivity index (χ0n) is 27.9. The van der Waals surface area contributed by atoms with Gasteiger partial charge in [0.05, 0.1) is 18.9 Å². The SMILES string of the molecule is C/C=C(\C=C/C=NCOC(=O)N1CCOCC1)c1ccnc(Nc2cc(NC(=O)c3ccc(CN4CCN(C)CC4)cc3)ccc2C)n1. The van der Waals surface area contributed by atoms with Crippen LogP contribution in [-0.4, -0.2) is 109 Å². The van der Waals surface area contributed by atoms with E-state index in [2.05, 4.69) is 37.5 Å². The zero-order chi connectivity index (χ0) is 33.7. The van der Waals surface area contributed by atoms with E-state index in [0.717, 1.165) is 55.2 Å². The van der Waals surface area contributed by atoms with Gasteiger partial charge in [0.1, 0.15) is 0 Å². The fraction of sp³-hybridized carbons (Fsp3) is 0.361. The molecule has 1 aromatic heterocycles. The second kappa shape index (κ2) is 17.3. The van der Waals surface area contributed by atoms with Crippen molar-refractivity contribution in [3.63, 3.8) is 0 Å². The number of ether oxygens (including phenoxy) is 2. The molecule has 252 valence electrons. The van der Waals surface area contributed by atoms with Crippen molar-refractivity contribution in [1.82, 2.24) is 24.7 Å². The van der Waals surface area contributed by atoms with Gasteiger partial charge < -0.3 is 29.9 Å². The molecule has 5 rings (SSSR count). The summed E-state index contributed by atoms with van der Waals surface area (Å²) in [4.78, 5) is 44.8. The number of carbonyl (C=O) groups is 2. The largest absolute Gasteiger partial charge is 0.426 e. The Hall–Kier alpha value is -4.91. The lowest BCUT2D eigenvalue weighted by atomic mass is 10.1. The number of morpholine rings is 1. The minimum Gasteiger partial charge on any atom is -0.426 e. The minimum atomic E-state index is -0.389. The van der Waals surface area contributed by atoms with Gasteiger partial charge in [0, 0.05) is 75.2 Å². The Morgan fingerprint density at radius 1 is 1.02 bits per heavy atom. The number of piperazine rings is 1. The molecule has 0 bridgehead atoms. The van der Waals surface area contributed by atoms with E-state index >= 15 is 0 Å². The Morgan fingerprint density at radius 3 is 2.54 bits per heavy atom. The van der Waals surface area contributed by atoms with Crippen LogP contribution in [0.3, 0.4) is 0 Å². The standard InChI is InChI=1S/C36H44N8O4/c1-4-29(6-5-14-37-26-48-36(46)44-20-22-47-23-21-44)32-13-15-38-35(40-32)41-33-24-31(12-7-27(33)2)39-34(45)30-10-8-28(9-11-30)25-43-18-16-42(3)17-19-43/h4-15,24H,16-23,25-26H2,1-3H3,(H,39,45)(H,38,40,41)/b6-5-,29-4+,37-14?. The molecule has 0 atom stereocenters. The topological polar surface area (TPSA) is 125 Å². The number of rotatable bonds is 11. The highest BCUT2D eigenvalue weighted by molar-refractivity contribution is 6.04. The molecule has 3 heterocycles. The fourth-order valence-electron chi connectivity index (χ4n) is 5.27. The highest BCUT2D eigenvalue weighted by atomic mass is 16.6. The van der Waals surface area contributed by atoms with Crippen LogP contribution in [0.5, 0.6) is 0 Å². The van der Waals surface area contributed by atoms with Gasteiger partial charge in [-0.25, -0.2) is 14.8 Å². The Morgan fingerprint density at radius 2 is 1.79 bits per heavy atom. The molecule has 2 aliphatic heterocycles. The Labute approximate surface area is 282 Å². The van der Waals surface area contributed by atoms with Crippen LogP contribution in [0.1, 0.15) is 34.1 Å². The summed E-state index contributed by atoms with van der Waals surface area (Å²) in [6, 6.07) is 15.4. The molecule has 3 aromatic rings. The monoisotopic (exact) mass is 652 g/mol. The first-order valence-electron chi connectivity index (χ1n) is 16.2. The summed E-state index contributed by atoms with van der Waals surface area (Å²) in [5, 5.41) is 6.31. The van der Waals surface area contributed by atoms with E-state index < -0.39 is 0 Å². The van der Waals surface area contributed by atoms with Crippen LogP contribution in [0.15, 0.2) is 77.9 Å². The molecule has 2 amide bonds. The molecule has 2 saturated heterocycles. The van der Waals surface area contributed by atoms with Crippen LogP contribution in [0.4, 0.5) is 22.1 Å². The molecule has 0 aliphatic carbocycles. The number of nitrogens with zero attached hydrogens (tertiary/aromatic N) is 6. The number of nitrogens with one attached hydrogen (secondary N) is 2. The van der Waals surface area contributed by atoms with E-state index in [9.17, 15) is 9.59 Å². The van der Waals surface area contributed by atoms with Crippen molar-refractivity contribution in [2.45, 2.75) is 20.4 Å². The number of benzene rings is 2. The number of anilines is 3. The summed E-state index contributed by atoms with van der Waals surface area (Å²) >= 11 is 0. The average molecular weight is 653 g/mol. The van der Waals surface area contributed by atoms with Crippen molar-refractivity contribution in [1.29, 1.82) is 0 Å². The molecule has 48 heavy (non-hydrogen) atoms. The third-order valence-electron chi connectivity index (χ3n) is 8.22. The molecular weight excluding hydrogens is 608 g/mol. The molecule has 0 saturated carbocycles. The number of aliphatic imine (C=N–C) groups is 1. The van der Waals surface area contributed by atoms with Crippen molar-refractivity contribution in [2.75, 3.05) is 76.9 Å². The van der Waals surface area contributed by atoms with Crippen molar-refractivity contribution < 1.29 is 19.1 Å². The van der Waals surface area contributed by atoms with E-state index in [-0.39, 0.29) is 18.7 Å². The average Bonchev–Trinajstić information content (AvgIpc) is 3.11. The lowest BCUT2D eigenvalue weighted by Crippen LogP contribution is -2.43. The van der Waals surface area contributed by atoms with Crippen LogP contribution in [0.2, 0.25) is 0 Å². The predicted molar refractivity (Wildman–Crippen MR) is 189 cm³/mol. The predicted octanol–water partition coefficient (Wildman–Crippen LogP) is 4.98. The Bertz CT molecular complexity index is 1630. The molecular formula is C36H44N8O4. The first-order chi connectivity index (χ1) is 23.4. The third-order valence-corrected chi connectivity index (χ3v) is 8.22. The molecule has 0 spiro atoms. The number of aryl methyl sites for hydroxylation is 1. The molecule has 12 heteroatoms. The van der Waals surface area contributed by atoms with Crippen LogP contribution >= 0.6 is 0 Å². The smallest absolute Gasteiger partial charge is 0.411 e. The van der Waals surface area contributed by atoms with Gasteiger partial charge in [-0.2, -0.15) is 0 Å². The Balaban J connectivity index is 1.14. The maximum Gasteiger partial charge on any atom is 0.411 e. The number of carbonyl (C=O) groups excluding carboxylic acids is 2. The van der Waals surface area contributed by atoms with Gasteiger partial charge in [-0.15, -0.1) is 0 Å². The van der Waals surface area contributed by atoms with Gasteiger partial charge in [0.25, 0.3) is 5.91 Å². The maximum absolute atomic E-state index is 13.1. The third kappa shape index (κ3) is 10.0. The number of aromatic nitrogens is 2. The lowest BCUT2D eigenvalue weighted by molar-refractivity contribution is 0.0281. The van der Waals surface area contributed by atoms with Crippen LogP contribution in [-0.2, 0) is 16.0 Å². The summed E-state index contributed by atoms with van der Waals surface area (Å²) in [6.45, 7) is 11.1. The van der Waals surface area contributed by atoms with Crippen LogP contribution in [0.25, 0.3) is 5.57 Å². The van der Waals surface area contributed by atoms with Crippen molar-refractivity contribution in [2.24, 2.45) is 4.99 Å². The normalized spacial score (nSPS) is 16.4. The Kier molecular flexibility index (Phi) is 12.4. The van der Waals surface area contributed by atoms with Gasteiger partial charge in [0.15, 0.2) is 6.73 Å². The van der Waals surface area contributed by atoms with Gasteiger partial charge in [-0.3, -0.25) is 14.7 Å². The minimum absolute atomic E-state index is 0.0599. The number of allylic oxidation sites excluding steroid dienone is 4. The maximum atomic E-state index is 13.1. The quantitative estimate of drug-likeness (QED) is 0.218. The summed E-state index contributed by atoms with van der Waals surface area (Å²) in [6.07, 6.45) is 8.47. The molecule has 2 aliphatic rings. The molecule has 0 radical (unpaired) electrons. The lowest BCUT2D eigenvalue weighted by Gasteiger charge is -2.32. The summed E-state index contributed by atoms with van der Waals surface area (Å²) in [7, 11) is 2.15. The molecule has 2 N–H and O–H groups in total.